The number of ether oxygens (including phenoxy) is 1. The molecule has 0 fully saturated rings. The van der Waals surface area contributed by atoms with E-state index in [-0.39, 0.29) is 11.6 Å². The van der Waals surface area contributed by atoms with Gasteiger partial charge in [-0.3, -0.25) is 4.79 Å². The lowest BCUT2D eigenvalue weighted by Crippen LogP contribution is -2.21. The van der Waals surface area contributed by atoms with E-state index in [0.717, 1.165) is 16.4 Å². The second-order valence-electron chi connectivity index (χ2n) is 4.99. The smallest absolute Gasteiger partial charge is 0.250 e. The molecule has 1 N–H and O–H groups in total. The van der Waals surface area contributed by atoms with E-state index in [1.54, 1.807) is 29.1 Å². The van der Waals surface area contributed by atoms with Gasteiger partial charge in [0.2, 0.25) is 0 Å². The number of methoxy groups -OCH3 is 1. The Balaban J connectivity index is 2.15. The Morgan fingerprint density at radius 2 is 2.19 bits per heavy atom. The van der Waals surface area contributed by atoms with Gasteiger partial charge >= 0.3 is 0 Å². The van der Waals surface area contributed by atoms with Gasteiger partial charge in [-0.25, -0.2) is 4.98 Å². The van der Waals surface area contributed by atoms with Crippen molar-refractivity contribution >= 4 is 17.0 Å². The molecule has 6 heteroatoms. The predicted molar refractivity (Wildman–Crippen MR) is 86.2 cm³/mol. The highest BCUT2D eigenvalue weighted by Gasteiger charge is 2.13. The van der Waals surface area contributed by atoms with Crippen molar-refractivity contribution in [2.24, 2.45) is 0 Å². The number of pyridine rings is 1. The highest BCUT2D eigenvalue weighted by Crippen LogP contribution is 2.27. The van der Waals surface area contributed by atoms with E-state index < -0.39 is 0 Å². The van der Waals surface area contributed by atoms with E-state index >= 15 is 0 Å². The zero-order valence-electron chi connectivity index (χ0n) is 12.8. The lowest BCUT2D eigenvalue weighted by molar-refractivity contribution is 0.186. The molecule has 114 valence electrons. The number of nitrogens with zero attached hydrogens (tertiary/aromatic N) is 2. The molecule has 1 atom stereocenters. The summed E-state index contributed by atoms with van der Waals surface area (Å²) in [6, 6.07) is 3.55. The summed E-state index contributed by atoms with van der Waals surface area (Å²) >= 11 is 1.70. The predicted octanol–water partition coefficient (Wildman–Crippen LogP) is 2.74. The fourth-order valence-corrected chi connectivity index (χ4v) is 3.18. The fourth-order valence-electron chi connectivity index (χ4n) is 2.25. The number of rotatable bonds is 6. The first-order valence-electron chi connectivity index (χ1n) is 6.91. The molecule has 0 saturated heterocycles. The van der Waals surface area contributed by atoms with Gasteiger partial charge in [-0.2, -0.15) is 0 Å². The molecule has 5 nitrogen and oxygen atoms in total. The molecule has 0 aromatic carbocycles. The summed E-state index contributed by atoms with van der Waals surface area (Å²) in [7, 11) is 1.63. The van der Waals surface area contributed by atoms with Gasteiger partial charge in [0.05, 0.1) is 29.0 Å². The van der Waals surface area contributed by atoms with Crippen molar-refractivity contribution in [2.75, 3.05) is 19.0 Å². The quantitative estimate of drug-likeness (QED) is 0.891. The summed E-state index contributed by atoms with van der Waals surface area (Å²) in [5, 5.41) is 4.50. The lowest BCUT2D eigenvalue weighted by atomic mass is 10.2. The van der Waals surface area contributed by atoms with Crippen molar-refractivity contribution < 1.29 is 4.74 Å². The summed E-state index contributed by atoms with van der Waals surface area (Å²) < 4.78 is 6.68. The van der Waals surface area contributed by atoms with E-state index in [4.69, 9.17) is 4.74 Å². The normalized spacial score (nSPS) is 12.4. The number of aryl methyl sites for hydroxylation is 2. The van der Waals surface area contributed by atoms with Crippen molar-refractivity contribution in [3.63, 3.8) is 0 Å². The van der Waals surface area contributed by atoms with Gasteiger partial charge in [0.15, 0.2) is 0 Å². The maximum absolute atomic E-state index is 11.8. The van der Waals surface area contributed by atoms with Crippen molar-refractivity contribution in [1.82, 2.24) is 9.55 Å². The van der Waals surface area contributed by atoms with Crippen LogP contribution in [-0.2, 0) is 11.3 Å². The second-order valence-corrected chi connectivity index (χ2v) is 6.23. The molecule has 1 unspecified atom stereocenters. The zero-order valence-corrected chi connectivity index (χ0v) is 13.7. The van der Waals surface area contributed by atoms with Crippen LogP contribution >= 0.6 is 11.3 Å². The molecule has 0 bridgehead atoms. The van der Waals surface area contributed by atoms with Crippen LogP contribution in [0.2, 0.25) is 0 Å². The summed E-state index contributed by atoms with van der Waals surface area (Å²) in [6.07, 6.45) is 1.83. The Bertz CT molecular complexity index is 663. The van der Waals surface area contributed by atoms with Gasteiger partial charge in [0.1, 0.15) is 0 Å². The molecular formula is C15H21N3O2S. The number of hydrogen-bond acceptors (Lipinski definition) is 5. The minimum atomic E-state index is -0.0185. The molecule has 21 heavy (non-hydrogen) atoms. The average Bonchev–Trinajstić information content (AvgIpc) is 2.78. The highest BCUT2D eigenvalue weighted by atomic mass is 32.1. The van der Waals surface area contributed by atoms with Crippen LogP contribution < -0.4 is 10.9 Å². The van der Waals surface area contributed by atoms with Crippen LogP contribution in [0.1, 0.15) is 28.5 Å². The molecule has 0 aliphatic heterocycles. The molecule has 0 radical (unpaired) electrons. The molecule has 2 rings (SSSR count). The summed E-state index contributed by atoms with van der Waals surface area (Å²) in [6.45, 7) is 7.21. The Hall–Kier alpha value is -1.66. The molecule has 0 aliphatic carbocycles. The molecule has 0 spiro atoms. The molecule has 0 saturated carbocycles. The van der Waals surface area contributed by atoms with Crippen molar-refractivity contribution in [3.05, 3.63) is 44.3 Å². The third-order valence-corrected chi connectivity index (χ3v) is 4.49. The van der Waals surface area contributed by atoms with Crippen molar-refractivity contribution in [3.8, 4) is 0 Å². The van der Waals surface area contributed by atoms with Crippen LogP contribution in [0.4, 0.5) is 5.69 Å². The standard InChI is InChI=1S/C15H21N3O2S/c1-10-15(21-12(3)16-10)11(2)17-13-5-6-14(19)18(9-13)7-8-20-4/h5-6,9,11,17H,7-8H2,1-4H3. The van der Waals surface area contributed by atoms with Crippen LogP contribution in [-0.4, -0.2) is 23.3 Å². The second kappa shape index (κ2) is 6.87. The minimum Gasteiger partial charge on any atom is -0.383 e. The van der Waals surface area contributed by atoms with Gasteiger partial charge in [-0.1, -0.05) is 0 Å². The zero-order chi connectivity index (χ0) is 15.4. The molecule has 0 aliphatic rings. The number of nitrogens with one attached hydrogen (secondary N) is 1. The Morgan fingerprint density at radius 1 is 1.43 bits per heavy atom. The molecular weight excluding hydrogens is 286 g/mol. The SMILES string of the molecule is COCCn1cc(NC(C)c2sc(C)nc2C)ccc1=O. The Morgan fingerprint density at radius 3 is 2.81 bits per heavy atom. The summed E-state index contributed by atoms with van der Waals surface area (Å²) in [5.74, 6) is 0. The van der Waals surface area contributed by atoms with Crippen LogP contribution in [0.3, 0.4) is 0 Å². The Kier molecular flexibility index (Phi) is 5.14. The van der Waals surface area contributed by atoms with Crippen molar-refractivity contribution in [1.29, 1.82) is 0 Å². The summed E-state index contributed by atoms with van der Waals surface area (Å²) in [4.78, 5) is 17.4. The lowest BCUT2D eigenvalue weighted by Gasteiger charge is -2.15. The van der Waals surface area contributed by atoms with E-state index in [9.17, 15) is 4.79 Å². The van der Waals surface area contributed by atoms with E-state index in [0.29, 0.717) is 13.2 Å². The van der Waals surface area contributed by atoms with Gasteiger partial charge in [-0.05, 0) is 26.8 Å². The van der Waals surface area contributed by atoms with Gasteiger partial charge in [0.25, 0.3) is 5.56 Å². The third kappa shape index (κ3) is 3.92. The molecule has 0 amide bonds. The van der Waals surface area contributed by atoms with E-state index in [1.165, 1.54) is 4.88 Å². The first-order chi connectivity index (χ1) is 10.0. The maximum Gasteiger partial charge on any atom is 0.250 e. The number of hydrogen-bond donors (Lipinski definition) is 1. The maximum atomic E-state index is 11.8. The van der Waals surface area contributed by atoms with E-state index in [1.807, 2.05) is 26.1 Å². The minimum absolute atomic E-state index is 0.0185. The topological polar surface area (TPSA) is 56.1 Å². The van der Waals surface area contributed by atoms with Crippen LogP contribution in [0.15, 0.2) is 23.1 Å². The first-order valence-corrected chi connectivity index (χ1v) is 7.73. The van der Waals surface area contributed by atoms with Crippen LogP contribution in [0.5, 0.6) is 0 Å². The Labute approximate surface area is 128 Å². The monoisotopic (exact) mass is 307 g/mol. The van der Waals surface area contributed by atoms with E-state index in [2.05, 4.69) is 17.2 Å². The average molecular weight is 307 g/mol. The molecule has 2 heterocycles. The highest BCUT2D eigenvalue weighted by molar-refractivity contribution is 7.11. The third-order valence-electron chi connectivity index (χ3n) is 3.24. The first kappa shape index (κ1) is 15.7. The van der Waals surface area contributed by atoms with Gasteiger partial charge < -0.3 is 14.6 Å². The molecule has 2 aromatic heterocycles. The fraction of sp³-hybridized carbons (Fsp3) is 0.467. The number of anilines is 1. The van der Waals surface area contributed by atoms with Crippen molar-refractivity contribution in [2.45, 2.75) is 33.4 Å². The number of aromatic nitrogens is 2. The van der Waals surface area contributed by atoms with Gasteiger partial charge in [-0.15, -0.1) is 11.3 Å². The van der Waals surface area contributed by atoms with Crippen LogP contribution in [0.25, 0.3) is 0 Å². The van der Waals surface area contributed by atoms with Crippen LogP contribution in [0, 0.1) is 13.8 Å². The number of thiazole rings is 1. The summed E-state index contributed by atoms with van der Waals surface area (Å²) in [5.41, 5.74) is 1.96. The van der Waals surface area contributed by atoms with Gasteiger partial charge in [0, 0.05) is 30.8 Å². The largest absolute Gasteiger partial charge is 0.383 e. The molecule has 2 aromatic rings.